The van der Waals surface area contributed by atoms with Crippen molar-refractivity contribution in [3.63, 3.8) is 0 Å². The highest BCUT2D eigenvalue weighted by Crippen LogP contribution is 2.26. The van der Waals surface area contributed by atoms with Gasteiger partial charge >= 0.3 is 0 Å². The Morgan fingerprint density at radius 1 is 1.26 bits per heavy atom. The number of nitrogens with zero attached hydrogens (tertiary/aromatic N) is 3. The molecular formula is C16H13BrN4OS. The van der Waals surface area contributed by atoms with E-state index in [2.05, 4.69) is 31.2 Å². The molecule has 3 aromatic rings. The van der Waals surface area contributed by atoms with Crippen LogP contribution in [0.15, 0.2) is 58.1 Å². The molecule has 0 unspecified atom stereocenters. The summed E-state index contributed by atoms with van der Waals surface area (Å²) in [4.78, 5) is 0. The number of ether oxygens (including phenoxy) is 1. The summed E-state index contributed by atoms with van der Waals surface area (Å²) in [6, 6.07) is 15.4. The van der Waals surface area contributed by atoms with E-state index < -0.39 is 0 Å². The minimum absolute atomic E-state index is 0.426. The minimum Gasteiger partial charge on any atom is -0.497 e. The van der Waals surface area contributed by atoms with Crippen molar-refractivity contribution in [1.82, 2.24) is 14.9 Å². The second-order valence-corrected chi connectivity index (χ2v) is 5.91. The smallest absolute Gasteiger partial charge is 0.216 e. The maximum atomic E-state index is 5.27. The lowest BCUT2D eigenvalue weighted by atomic mass is 10.2. The van der Waals surface area contributed by atoms with E-state index >= 15 is 0 Å². The fourth-order valence-corrected chi connectivity index (χ4v) is 2.70. The van der Waals surface area contributed by atoms with Crippen molar-refractivity contribution >= 4 is 34.4 Å². The van der Waals surface area contributed by atoms with Crippen molar-refractivity contribution in [3.8, 4) is 17.1 Å². The molecule has 0 saturated heterocycles. The fourth-order valence-electron chi connectivity index (χ4n) is 2.06. The third-order valence-electron chi connectivity index (χ3n) is 3.18. The number of halogens is 1. The Kier molecular flexibility index (Phi) is 4.68. The fraction of sp³-hybridized carbons (Fsp3) is 0.0625. The van der Waals surface area contributed by atoms with E-state index in [4.69, 9.17) is 17.0 Å². The van der Waals surface area contributed by atoms with Crippen molar-refractivity contribution in [2.75, 3.05) is 7.11 Å². The molecule has 1 heterocycles. The molecule has 2 aromatic carbocycles. The number of rotatable bonds is 4. The number of benzene rings is 2. The SMILES string of the molecule is COc1cccc(/C=N\n2c(-c3ccccc3Br)n[nH]c2=S)c1. The molecule has 5 nitrogen and oxygen atoms in total. The summed E-state index contributed by atoms with van der Waals surface area (Å²) in [6.07, 6.45) is 1.72. The number of H-pyrrole nitrogens is 1. The van der Waals surface area contributed by atoms with Gasteiger partial charge in [-0.3, -0.25) is 0 Å². The Balaban J connectivity index is 2.01. The Morgan fingerprint density at radius 3 is 2.87 bits per heavy atom. The maximum Gasteiger partial charge on any atom is 0.216 e. The summed E-state index contributed by atoms with van der Waals surface area (Å²) >= 11 is 8.79. The van der Waals surface area contributed by atoms with Crippen molar-refractivity contribution in [2.24, 2.45) is 5.10 Å². The summed E-state index contributed by atoms with van der Waals surface area (Å²) in [5.41, 5.74) is 1.81. The summed E-state index contributed by atoms with van der Waals surface area (Å²) in [5, 5.41) is 11.5. The molecule has 0 aliphatic carbocycles. The Bertz CT molecular complexity index is 916. The second kappa shape index (κ2) is 6.89. The predicted molar refractivity (Wildman–Crippen MR) is 96.5 cm³/mol. The Hall–Kier alpha value is -2.25. The van der Waals surface area contributed by atoms with Crippen LogP contribution in [0.5, 0.6) is 5.75 Å². The van der Waals surface area contributed by atoms with E-state index in [-0.39, 0.29) is 0 Å². The first-order valence-electron chi connectivity index (χ1n) is 6.80. The molecule has 0 bridgehead atoms. The van der Waals surface area contributed by atoms with Gasteiger partial charge in [0.1, 0.15) is 5.75 Å². The molecule has 0 radical (unpaired) electrons. The van der Waals surface area contributed by atoms with Gasteiger partial charge in [-0.25, -0.2) is 5.10 Å². The topological polar surface area (TPSA) is 55.2 Å². The standard InChI is InChI=1S/C16H13BrN4OS/c1-22-12-6-4-5-11(9-12)10-18-21-15(19-20-16(21)23)13-7-2-3-8-14(13)17/h2-10H,1H3,(H,20,23)/b18-10-. The monoisotopic (exact) mass is 388 g/mol. The first kappa shape index (κ1) is 15.6. The van der Waals surface area contributed by atoms with Crippen LogP contribution < -0.4 is 4.74 Å². The molecule has 0 saturated carbocycles. The normalized spacial score (nSPS) is 11.0. The molecular weight excluding hydrogens is 376 g/mol. The quantitative estimate of drug-likeness (QED) is 0.536. The number of methoxy groups -OCH3 is 1. The van der Waals surface area contributed by atoms with Gasteiger partial charge in [0.25, 0.3) is 0 Å². The van der Waals surface area contributed by atoms with Gasteiger partial charge in [-0.15, -0.1) is 0 Å². The minimum atomic E-state index is 0.426. The van der Waals surface area contributed by atoms with Gasteiger partial charge in [0.15, 0.2) is 5.82 Å². The largest absolute Gasteiger partial charge is 0.497 e. The van der Waals surface area contributed by atoms with E-state index in [0.717, 1.165) is 21.3 Å². The molecule has 23 heavy (non-hydrogen) atoms. The molecule has 0 aliphatic rings. The van der Waals surface area contributed by atoms with Gasteiger partial charge in [0, 0.05) is 10.0 Å². The van der Waals surface area contributed by atoms with E-state index in [1.807, 2.05) is 48.5 Å². The first-order chi connectivity index (χ1) is 11.2. The van der Waals surface area contributed by atoms with Crippen LogP contribution in [0.25, 0.3) is 11.4 Å². The molecule has 0 atom stereocenters. The predicted octanol–water partition coefficient (Wildman–Crippen LogP) is 4.26. The highest BCUT2D eigenvalue weighted by Gasteiger charge is 2.10. The van der Waals surface area contributed by atoms with Crippen LogP contribution in [0, 0.1) is 4.77 Å². The maximum absolute atomic E-state index is 5.27. The number of hydrogen-bond donors (Lipinski definition) is 1. The van der Waals surface area contributed by atoms with Gasteiger partial charge in [-0.2, -0.15) is 14.9 Å². The molecule has 1 N–H and O–H groups in total. The van der Waals surface area contributed by atoms with Gasteiger partial charge < -0.3 is 4.74 Å². The number of nitrogens with one attached hydrogen (secondary N) is 1. The molecule has 0 amide bonds. The van der Waals surface area contributed by atoms with E-state index in [1.54, 1.807) is 18.0 Å². The van der Waals surface area contributed by atoms with Crippen LogP contribution in [0.3, 0.4) is 0 Å². The van der Waals surface area contributed by atoms with Gasteiger partial charge in [-0.1, -0.05) is 40.2 Å². The lowest BCUT2D eigenvalue weighted by molar-refractivity contribution is 0.415. The molecule has 0 aliphatic heterocycles. The summed E-state index contributed by atoms with van der Waals surface area (Å²) in [7, 11) is 1.63. The number of aromatic amines is 1. The molecule has 7 heteroatoms. The molecule has 116 valence electrons. The average Bonchev–Trinajstić information content (AvgIpc) is 2.94. The van der Waals surface area contributed by atoms with Gasteiger partial charge in [0.2, 0.25) is 4.77 Å². The van der Waals surface area contributed by atoms with Crippen molar-refractivity contribution in [1.29, 1.82) is 0 Å². The van der Waals surface area contributed by atoms with E-state index in [1.165, 1.54) is 0 Å². The third kappa shape index (κ3) is 3.40. The summed E-state index contributed by atoms with van der Waals surface area (Å²) in [6.45, 7) is 0. The zero-order chi connectivity index (χ0) is 16.2. The van der Waals surface area contributed by atoms with Crippen molar-refractivity contribution in [2.45, 2.75) is 0 Å². The Labute approximate surface area is 146 Å². The van der Waals surface area contributed by atoms with Crippen LogP contribution in [0.1, 0.15) is 5.56 Å². The summed E-state index contributed by atoms with van der Waals surface area (Å²) in [5.74, 6) is 1.41. The van der Waals surface area contributed by atoms with Crippen LogP contribution in [-0.2, 0) is 0 Å². The number of aromatic nitrogens is 3. The molecule has 3 rings (SSSR count). The van der Waals surface area contributed by atoms with Crippen molar-refractivity contribution < 1.29 is 4.74 Å². The van der Waals surface area contributed by atoms with E-state index in [9.17, 15) is 0 Å². The second-order valence-electron chi connectivity index (χ2n) is 4.67. The molecule has 0 fully saturated rings. The van der Waals surface area contributed by atoms with E-state index in [0.29, 0.717) is 10.6 Å². The zero-order valence-electron chi connectivity index (χ0n) is 12.2. The lowest BCUT2D eigenvalue weighted by Crippen LogP contribution is -1.96. The first-order valence-corrected chi connectivity index (χ1v) is 8.00. The third-order valence-corrected chi connectivity index (χ3v) is 4.14. The highest BCUT2D eigenvalue weighted by atomic mass is 79.9. The highest BCUT2D eigenvalue weighted by molar-refractivity contribution is 9.10. The lowest BCUT2D eigenvalue weighted by Gasteiger charge is -2.03. The van der Waals surface area contributed by atoms with Crippen LogP contribution in [0.2, 0.25) is 0 Å². The van der Waals surface area contributed by atoms with Crippen LogP contribution in [0.4, 0.5) is 0 Å². The Morgan fingerprint density at radius 2 is 2.09 bits per heavy atom. The average molecular weight is 389 g/mol. The molecule has 0 spiro atoms. The van der Waals surface area contributed by atoms with Crippen LogP contribution in [-0.4, -0.2) is 28.2 Å². The molecule has 1 aromatic heterocycles. The zero-order valence-corrected chi connectivity index (χ0v) is 14.6. The van der Waals surface area contributed by atoms with Crippen LogP contribution >= 0.6 is 28.1 Å². The number of hydrogen-bond acceptors (Lipinski definition) is 4. The van der Waals surface area contributed by atoms with Gasteiger partial charge in [0.05, 0.1) is 13.3 Å². The van der Waals surface area contributed by atoms with Gasteiger partial charge in [-0.05, 0) is 42.0 Å². The van der Waals surface area contributed by atoms with Crippen molar-refractivity contribution in [3.05, 3.63) is 63.3 Å². The summed E-state index contributed by atoms with van der Waals surface area (Å²) < 4.78 is 8.15.